The Morgan fingerprint density at radius 2 is 2.26 bits per heavy atom. The molecule has 1 atom stereocenters. The van der Waals surface area contributed by atoms with E-state index in [2.05, 4.69) is 0 Å². The Balaban J connectivity index is 2.14. The Bertz CT molecular complexity index is 622. The summed E-state index contributed by atoms with van der Waals surface area (Å²) in [5.41, 5.74) is 1.02. The molecule has 6 heteroatoms. The molecule has 0 N–H and O–H groups in total. The number of halogens is 1. The number of benzene rings is 1. The molecule has 1 aromatic rings. The fraction of sp³-hybridized carbons (Fsp3) is 0.462. The number of nitrogens with zero attached hydrogens (tertiary/aromatic N) is 2. The van der Waals surface area contributed by atoms with E-state index in [1.54, 1.807) is 7.05 Å². The molecule has 2 rings (SSSR count). The number of rotatable bonds is 3. The number of sulfone groups is 1. The highest BCUT2D eigenvalue weighted by Gasteiger charge is 2.30. The molecular formula is C13H15FN2O2S. The van der Waals surface area contributed by atoms with Crippen molar-refractivity contribution < 1.29 is 12.8 Å². The van der Waals surface area contributed by atoms with Crippen molar-refractivity contribution in [2.75, 3.05) is 18.6 Å². The van der Waals surface area contributed by atoms with Crippen LogP contribution in [-0.4, -0.2) is 37.9 Å². The topological polar surface area (TPSA) is 61.2 Å². The van der Waals surface area contributed by atoms with Gasteiger partial charge in [0.1, 0.15) is 5.82 Å². The predicted octanol–water partition coefficient (Wildman–Crippen LogP) is 1.32. The Morgan fingerprint density at radius 3 is 2.84 bits per heavy atom. The van der Waals surface area contributed by atoms with E-state index in [1.807, 2.05) is 11.0 Å². The van der Waals surface area contributed by atoms with Gasteiger partial charge in [-0.05, 0) is 37.2 Å². The molecule has 4 nitrogen and oxygen atoms in total. The molecule has 1 aliphatic heterocycles. The van der Waals surface area contributed by atoms with E-state index in [-0.39, 0.29) is 23.4 Å². The van der Waals surface area contributed by atoms with Crippen molar-refractivity contribution in [2.45, 2.75) is 19.0 Å². The first kappa shape index (κ1) is 14.0. The Hall–Kier alpha value is -1.45. The van der Waals surface area contributed by atoms with Gasteiger partial charge in [0, 0.05) is 12.6 Å². The molecule has 0 bridgehead atoms. The summed E-state index contributed by atoms with van der Waals surface area (Å²) in [6.07, 6.45) is 0.593. The normalized spacial score (nSPS) is 21.5. The van der Waals surface area contributed by atoms with Crippen molar-refractivity contribution in [2.24, 2.45) is 0 Å². The maximum atomic E-state index is 13.2. The van der Waals surface area contributed by atoms with E-state index < -0.39 is 9.84 Å². The van der Waals surface area contributed by atoms with Crippen LogP contribution in [-0.2, 0) is 16.4 Å². The van der Waals surface area contributed by atoms with Crippen molar-refractivity contribution in [3.8, 4) is 6.07 Å². The zero-order valence-corrected chi connectivity index (χ0v) is 11.5. The van der Waals surface area contributed by atoms with E-state index in [9.17, 15) is 12.8 Å². The van der Waals surface area contributed by atoms with Crippen molar-refractivity contribution in [1.82, 2.24) is 4.90 Å². The van der Waals surface area contributed by atoms with Gasteiger partial charge in [-0.2, -0.15) is 5.26 Å². The standard InChI is InChI=1S/C13H15FN2O2S/c1-16(13-4-5-19(17,18)9-13)8-11-6-12(14)3-2-10(11)7-15/h2-3,6,13H,4-5,8-9H2,1H3. The van der Waals surface area contributed by atoms with E-state index >= 15 is 0 Å². The van der Waals surface area contributed by atoms with Gasteiger partial charge in [0.2, 0.25) is 0 Å². The second kappa shape index (κ2) is 5.27. The van der Waals surface area contributed by atoms with Gasteiger partial charge in [-0.15, -0.1) is 0 Å². The molecule has 0 aliphatic carbocycles. The van der Waals surface area contributed by atoms with Crippen LogP contribution in [0.3, 0.4) is 0 Å². The molecule has 1 heterocycles. The SMILES string of the molecule is CN(Cc1cc(F)ccc1C#N)C1CCS(=O)(=O)C1. The monoisotopic (exact) mass is 282 g/mol. The lowest BCUT2D eigenvalue weighted by atomic mass is 10.1. The average Bonchev–Trinajstić information content (AvgIpc) is 2.70. The minimum absolute atomic E-state index is 0.0557. The van der Waals surface area contributed by atoms with Crippen LogP contribution in [0.2, 0.25) is 0 Å². The number of hydrogen-bond acceptors (Lipinski definition) is 4. The molecule has 1 saturated heterocycles. The third-order valence-electron chi connectivity index (χ3n) is 3.44. The quantitative estimate of drug-likeness (QED) is 0.839. The maximum Gasteiger partial charge on any atom is 0.151 e. The average molecular weight is 282 g/mol. The Labute approximate surface area is 112 Å². The van der Waals surface area contributed by atoms with Gasteiger partial charge in [0.25, 0.3) is 0 Å². The molecule has 0 amide bonds. The first-order valence-electron chi connectivity index (χ1n) is 6.00. The van der Waals surface area contributed by atoms with Crippen molar-refractivity contribution in [3.05, 3.63) is 35.1 Å². The molecule has 1 aliphatic rings. The summed E-state index contributed by atoms with van der Waals surface area (Å²) in [6, 6.07) is 6.00. The highest BCUT2D eigenvalue weighted by atomic mass is 32.2. The third kappa shape index (κ3) is 3.31. The van der Waals surface area contributed by atoms with Crippen LogP contribution in [0.15, 0.2) is 18.2 Å². The molecule has 1 fully saturated rings. The summed E-state index contributed by atoms with van der Waals surface area (Å²) >= 11 is 0. The predicted molar refractivity (Wildman–Crippen MR) is 69.6 cm³/mol. The fourth-order valence-corrected chi connectivity index (χ4v) is 4.13. The smallest absolute Gasteiger partial charge is 0.151 e. The maximum absolute atomic E-state index is 13.2. The van der Waals surface area contributed by atoms with Crippen molar-refractivity contribution in [1.29, 1.82) is 5.26 Å². The van der Waals surface area contributed by atoms with Gasteiger partial charge >= 0.3 is 0 Å². The molecule has 1 unspecified atom stereocenters. The fourth-order valence-electron chi connectivity index (χ4n) is 2.32. The molecular weight excluding hydrogens is 267 g/mol. The summed E-state index contributed by atoms with van der Waals surface area (Å²) in [5, 5.41) is 8.98. The molecule has 0 aromatic heterocycles. The third-order valence-corrected chi connectivity index (χ3v) is 5.19. The van der Waals surface area contributed by atoms with Gasteiger partial charge in [-0.3, -0.25) is 4.90 Å². The Kier molecular flexibility index (Phi) is 3.88. The van der Waals surface area contributed by atoms with Gasteiger partial charge in [-0.1, -0.05) is 0 Å². The zero-order chi connectivity index (χ0) is 14.0. The summed E-state index contributed by atoms with van der Waals surface area (Å²) in [7, 11) is -1.13. The van der Waals surface area contributed by atoms with Gasteiger partial charge < -0.3 is 0 Å². The van der Waals surface area contributed by atoms with Crippen LogP contribution in [0, 0.1) is 17.1 Å². The lowest BCUT2D eigenvalue weighted by Gasteiger charge is -2.23. The van der Waals surface area contributed by atoms with Gasteiger partial charge in [0.05, 0.1) is 23.1 Å². The molecule has 0 radical (unpaired) electrons. The number of hydrogen-bond donors (Lipinski definition) is 0. The zero-order valence-electron chi connectivity index (χ0n) is 10.6. The van der Waals surface area contributed by atoms with E-state index in [0.717, 1.165) is 0 Å². The highest BCUT2D eigenvalue weighted by molar-refractivity contribution is 7.91. The number of nitriles is 1. The van der Waals surface area contributed by atoms with Crippen LogP contribution in [0.5, 0.6) is 0 Å². The lowest BCUT2D eigenvalue weighted by Crippen LogP contribution is -2.32. The van der Waals surface area contributed by atoms with Crippen LogP contribution >= 0.6 is 0 Å². The van der Waals surface area contributed by atoms with Crippen LogP contribution in [0.25, 0.3) is 0 Å². The summed E-state index contributed by atoms with van der Waals surface area (Å²) in [4.78, 5) is 1.88. The minimum atomic E-state index is -2.94. The summed E-state index contributed by atoms with van der Waals surface area (Å²) in [6.45, 7) is 0.376. The first-order valence-corrected chi connectivity index (χ1v) is 7.82. The Morgan fingerprint density at radius 1 is 1.53 bits per heavy atom. The highest BCUT2D eigenvalue weighted by Crippen LogP contribution is 2.20. The van der Waals surface area contributed by atoms with E-state index in [4.69, 9.17) is 5.26 Å². The van der Waals surface area contributed by atoms with E-state index in [0.29, 0.717) is 24.1 Å². The second-order valence-electron chi connectivity index (χ2n) is 4.89. The van der Waals surface area contributed by atoms with Crippen LogP contribution in [0.4, 0.5) is 4.39 Å². The van der Waals surface area contributed by atoms with Gasteiger partial charge in [-0.25, -0.2) is 12.8 Å². The van der Waals surface area contributed by atoms with Crippen LogP contribution < -0.4 is 0 Å². The van der Waals surface area contributed by atoms with Gasteiger partial charge in [0.15, 0.2) is 9.84 Å². The summed E-state index contributed by atoms with van der Waals surface area (Å²) < 4.78 is 36.1. The largest absolute Gasteiger partial charge is 0.298 e. The molecule has 19 heavy (non-hydrogen) atoms. The van der Waals surface area contributed by atoms with Crippen molar-refractivity contribution >= 4 is 9.84 Å². The second-order valence-corrected chi connectivity index (χ2v) is 7.11. The van der Waals surface area contributed by atoms with Crippen molar-refractivity contribution in [3.63, 3.8) is 0 Å². The van der Waals surface area contributed by atoms with E-state index in [1.165, 1.54) is 18.2 Å². The minimum Gasteiger partial charge on any atom is -0.298 e. The molecule has 0 saturated carbocycles. The first-order chi connectivity index (χ1) is 8.91. The summed E-state index contributed by atoms with van der Waals surface area (Å²) in [5.74, 6) is -0.0433. The molecule has 0 spiro atoms. The lowest BCUT2D eigenvalue weighted by molar-refractivity contribution is 0.253. The molecule has 1 aromatic carbocycles. The van der Waals surface area contributed by atoms with Crippen LogP contribution in [0.1, 0.15) is 17.5 Å². The molecule has 102 valence electrons.